The van der Waals surface area contributed by atoms with Crippen molar-refractivity contribution in [3.05, 3.63) is 0 Å². The first kappa shape index (κ1) is 16.2. The van der Waals surface area contributed by atoms with Crippen molar-refractivity contribution in [2.45, 2.75) is 57.7 Å². The molecule has 2 N–H and O–H groups in total. The third-order valence-corrected chi connectivity index (χ3v) is 4.16. The highest BCUT2D eigenvalue weighted by molar-refractivity contribution is 5.83. The summed E-state index contributed by atoms with van der Waals surface area (Å²) in [5, 5.41) is 6.27. The van der Waals surface area contributed by atoms with Crippen LogP contribution in [0.3, 0.4) is 0 Å². The lowest BCUT2D eigenvalue weighted by molar-refractivity contribution is -0.141. The van der Waals surface area contributed by atoms with Gasteiger partial charge in [0.15, 0.2) is 0 Å². The van der Waals surface area contributed by atoms with Gasteiger partial charge >= 0.3 is 0 Å². The van der Waals surface area contributed by atoms with Crippen LogP contribution in [0.4, 0.5) is 0 Å². The first-order chi connectivity index (χ1) is 10.1. The number of rotatable bonds is 4. The van der Waals surface area contributed by atoms with Crippen molar-refractivity contribution in [3.63, 3.8) is 0 Å². The molecule has 0 saturated carbocycles. The van der Waals surface area contributed by atoms with Crippen molar-refractivity contribution in [1.82, 2.24) is 15.5 Å². The molecule has 2 heterocycles. The molecule has 0 radical (unpaired) electrons. The van der Waals surface area contributed by atoms with Gasteiger partial charge in [0, 0.05) is 32.1 Å². The predicted molar refractivity (Wildman–Crippen MR) is 79.9 cm³/mol. The van der Waals surface area contributed by atoms with Gasteiger partial charge < -0.3 is 20.3 Å². The van der Waals surface area contributed by atoms with Crippen molar-refractivity contribution in [1.29, 1.82) is 0 Å². The van der Waals surface area contributed by atoms with Crippen LogP contribution >= 0.6 is 0 Å². The fraction of sp³-hybridized carbons (Fsp3) is 0.867. The molecule has 2 amide bonds. The third kappa shape index (κ3) is 4.41. The summed E-state index contributed by atoms with van der Waals surface area (Å²) >= 11 is 0. The molecule has 2 fully saturated rings. The summed E-state index contributed by atoms with van der Waals surface area (Å²) < 4.78 is 5.55. The Labute approximate surface area is 126 Å². The summed E-state index contributed by atoms with van der Waals surface area (Å²) in [6, 6.07) is -0.176. The van der Waals surface area contributed by atoms with Crippen LogP contribution in [-0.2, 0) is 14.3 Å². The van der Waals surface area contributed by atoms with Crippen LogP contribution in [0.15, 0.2) is 0 Å². The summed E-state index contributed by atoms with van der Waals surface area (Å²) in [7, 11) is 0. The smallest absolute Gasteiger partial charge is 0.242 e. The molecule has 2 aliphatic rings. The number of hydrogen-bond acceptors (Lipinski definition) is 4. The van der Waals surface area contributed by atoms with E-state index in [-0.39, 0.29) is 30.0 Å². The lowest BCUT2D eigenvalue weighted by Gasteiger charge is -2.38. The van der Waals surface area contributed by atoms with Gasteiger partial charge in [0.1, 0.15) is 6.04 Å². The Morgan fingerprint density at radius 2 is 2.24 bits per heavy atom. The van der Waals surface area contributed by atoms with Crippen molar-refractivity contribution in [2.75, 3.05) is 26.2 Å². The van der Waals surface area contributed by atoms with E-state index in [2.05, 4.69) is 10.6 Å². The maximum Gasteiger partial charge on any atom is 0.242 e. The van der Waals surface area contributed by atoms with Gasteiger partial charge in [-0.1, -0.05) is 6.92 Å². The van der Waals surface area contributed by atoms with Gasteiger partial charge in [-0.2, -0.15) is 0 Å². The zero-order valence-corrected chi connectivity index (χ0v) is 13.1. The number of nitrogens with one attached hydrogen (secondary N) is 2. The topological polar surface area (TPSA) is 70.7 Å². The van der Waals surface area contributed by atoms with Gasteiger partial charge in [0.25, 0.3) is 0 Å². The highest BCUT2D eigenvalue weighted by Crippen LogP contribution is 2.14. The van der Waals surface area contributed by atoms with Gasteiger partial charge in [-0.25, -0.2) is 0 Å². The molecule has 1 unspecified atom stereocenters. The predicted octanol–water partition coefficient (Wildman–Crippen LogP) is 0.271. The van der Waals surface area contributed by atoms with Gasteiger partial charge in [-0.3, -0.25) is 9.59 Å². The van der Waals surface area contributed by atoms with Gasteiger partial charge in [-0.15, -0.1) is 0 Å². The van der Waals surface area contributed by atoms with Crippen LogP contribution in [0.2, 0.25) is 0 Å². The molecule has 6 heteroatoms. The first-order valence-electron chi connectivity index (χ1n) is 8.05. The zero-order valence-electron chi connectivity index (χ0n) is 13.1. The quantitative estimate of drug-likeness (QED) is 0.781. The summed E-state index contributed by atoms with van der Waals surface area (Å²) in [6.07, 6.45) is 3.19. The molecule has 0 aromatic heterocycles. The number of carbonyl (C=O) groups excluding carboxylic acids is 2. The highest BCUT2D eigenvalue weighted by Gasteiger charge is 2.34. The molecule has 0 spiro atoms. The molecule has 2 saturated heterocycles. The Morgan fingerprint density at radius 1 is 1.43 bits per heavy atom. The SMILES string of the molecule is CCCC(=O)NC1CCCN(C(=O)[C@H]2NCCO[C@@H]2C)C1. The standard InChI is InChI=1S/C15H27N3O3/c1-3-5-13(19)17-12-6-4-8-18(10-12)15(20)14-11(2)21-9-7-16-14/h11-12,14,16H,3-10H2,1-2H3,(H,17,19)/t11-,12?,14+/m1/s1. The monoisotopic (exact) mass is 297 g/mol. The minimum atomic E-state index is -0.260. The second-order valence-electron chi connectivity index (χ2n) is 5.95. The molecule has 2 rings (SSSR count). The maximum atomic E-state index is 12.6. The number of ether oxygens (including phenoxy) is 1. The van der Waals surface area contributed by atoms with E-state index >= 15 is 0 Å². The molecule has 3 atom stereocenters. The summed E-state index contributed by atoms with van der Waals surface area (Å²) in [5.74, 6) is 0.181. The second-order valence-corrected chi connectivity index (χ2v) is 5.95. The molecule has 0 aromatic carbocycles. The Hall–Kier alpha value is -1.14. The van der Waals surface area contributed by atoms with Gasteiger partial charge in [-0.05, 0) is 26.2 Å². The molecule has 0 bridgehead atoms. The number of morpholine rings is 1. The number of nitrogens with zero attached hydrogens (tertiary/aromatic N) is 1. The average molecular weight is 297 g/mol. The van der Waals surface area contributed by atoms with Crippen LogP contribution in [0.1, 0.15) is 39.5 Å². The van der Waals surface area contributed by atoms with Crippen LogP contribution < -0.4 is 10.6 Å². The van der Waals surface area contributed by atoms with Crippen LogP contribution in [0.25, 0.3) is 0 Å². The Bertz CT molecular complexity index is 375. The lowest BCUT2D eigenvalue weighted by atomic mass is 10.0. The average Bonchev–Trinajstić information content (AvgIpc) is 2.47. The molecule has 0 aromatic rings. The fourth-order valence-corrected chi connectivity index (χ4v) is 3.03. The normalized spacial score (nSPS) is 30.0. The molecular weight excluding hydrogens is 270 g/mol. The van der Waals surface area contributed by atoms with Crippen LogP contribution in [0.5, 0.6) is 0 Å². The van der Waals surface area contributed by atoms with Crippen molar-refractivity contribution in [2.24, 2.45) is 0 Å². The Balaban J connectivity index is 1.87. The van der Waals surface area contributed by atoms with E-state index < -0.39 is 0 Å². The number of piperidine rings is 1. The number of amides is 2. The van der Waals surface area contributed by atoms with E-state index in [0.717, 1.165) is 25.8 Å². The van der Waals surface area contributed by atoms with E-state index in [4.69, 9.17) is 4.74 Å². The molecular formula is C15H27N3O3. The zero-order chi connectivity index (χ0) is 15.2. The van der Waals surface area contributed by atoms with Crippen LogP contribution in [0, 0.1) is 0 Å². The van der Waals surface area contributed by atoms with E-state index in [0.29, 0.717) is 26.1 Å². The highest BCUT2D eigenvalue weighted by atomic mass is 16.5. The number of carbonyl (C=O) groups is 2. The van der Waals surface area contributed by atoms with E-state index in [1.807, 2.05) is 18.7 Å². The van der Waals surface area contributed by atoms with Crippen LogP contribution in [-0.4, -0.2) is 61.1 Å². The van der Waals surface area contributed by atoms with Crippen molar-refractivity contribution >= 4 is 11.8 Å². The minimum Gasteiger partial charge on any atom is -0.375 e. The largest absolute Gasteiger partial charge is 0.375 e. The number of likely N-dealkylation sites (tertiary alicyclic amines) is 1. The van der Waals surface area contributed by atoms with E-state index in [1.165, 1.54) is 0 Å². The van der Waals surface area contributed by atoms with Gasteiger partial charge in [0.2, 0.25) is 11.8 Å². The Morgan fingerprint density at radius 3 is 2.95 bits per heavy atom. The molecule has 21 heavy (non-hydrogen) atoms. The van der Waals surface area contributed by atoms with E-state index in [1.54, 1.807) is 0 Å². The lowest BCUT2D eigenvalue weighted by Crippen LogP contribution is -2.59. The molecule has 120 valence electrons. The summed E-state index contributed by atoms with van der Waals surface area (Å²) in [6.45, 7) is 6.67. The molecule has 0 aliphatic carbocycles. The number of hydrogen-bond donors (Lipinski definition) is 2. The van der Waals surface area contributed by atoms with Gasteiger partial charge in [0.05, 0.1) is 12.7 Å². The fourth-order valence-electron chi connectivity index (χ4n) is 3.03. The summed E-state index contributed by atoms with van der Waals surface area (Å²) in [4.78, 5) is 26.2. The minimum absolute atomic E-state index is 0.0848. The maximum absolute atomic E-state index is 12.6. The van der Waals surface area contributed by atoms with E-state index in [9.17, 15) is 9.59 Å². The molecule has 6 nitrogen and oxygen atoms in total. The van der Waals surface area contributed by atoms with Crippen molar-refractivity contribution < 1.29 is 14.3 Å². The first-order valence-corrected chi connectivity index (χ1v) is 8.05. The molecule has 2 aliphatic heterocycles. The second kappa shape index (κ2) is 7.75. The summed E-state index contributed by atoms with van der Waals surface area (Å²) in [5.41, 5.74) is 0. The van der Waals surface area contributed by atoms with Crippen molar-refractivity contribution in [3.8, 4) is 0 Å². The Kier molecular flexibility index (Phi) is 5.99. The third-order valence-electron chi connectivity index (χ3n) is 4.16.